The van der Waals surface area contributed by atoms with Crippen molar-refractivity contribution in [2.24, 2.45) is 34.5 Å². The van der Waals surface area contributed by atoms with Crippen molar-refractivity contribution in [1.82, 2.24) is 0 Å². The average Bonchev–Trinajstić information content (AvgIpc) is 2.84. The van der Waals surface area contributed by atoms with E-state index in [2.05, 4.69) is 26.8 Å². The van der Waals surface area contributed by atoms with E-state index in [-0.39, 0.29) is 29.0 Å². The maximum absolute atomic E-state index is 11.4. The summed E-state index contributed by atoms with van der Waals surface area (Å²) in [4.78, 5) is 11.4. The summed E-state index contributed by atoms with van der Waals surface area (Å²) in [6.45, 7) is 8.73. The third-order valence-electron chi connectivity index (χ3n) is 8.67. The number of hydrogen-bond acceptors (Lipinski definition) is 3. The molecule has 3 heteroatoms. The van der Waals surface area contributed by atoms with Gasteiger partial charge in [-0.25, -0.2) is 0 Å². The Morgan fingerprint density at radius 2 is 1.92 bits per heavy atom. The Morgan fingerprint density at radius 3 is 2.64 bits per heavy atom. The van der Waals surface area contributed by atoms with Crippen LogP contribution < -0.4 is 0 Å². The van der Waals surface area contributed by atoms with Gasteiger partial charge in [-0.15, -0.1) is 0 Å². The van der Waals surface area contributed by atoms with Crippen molar-refractivity contribution in [3.63, 3.8) is 0 Å². The lowest BCUT2D eigenvalue weighted by Crippen LogP contribution is -2.53. The Morgan fingerprint density at radius 1 is 1.16 bits per heavy atom. The molecule has 3 saturated carbocycles. The van der Waals surface area contributed by atoms with Gasteiger partial charge in [0.2, 0.25) is 0 Å². The monoisotopic (exact) mass is 346 g/mol. The lowest BCUT2D eigenvalue weighted by Gasteiger charge is -2.59. The van der Waals surface area contributed by atoms with Crippen LogP contribution in [0.5, 0.6) is 0 Å². The molecule has 4 aliphatic rings. The van der Waals surface area contributed by atoms with Crippen LogP contribution in [0.4, 0.5) is 0 Å². The van der Waals surface area contributed by atoms with Crippen LogP contribution in [0.15, 0.2) is 11.6 Å². The summed E-state index contributed by atoms with van der Waals surface area (Å²) in [5.74, 6) is 2.51. The molecule has 0 aromatic heterocycles. The minimum absolute atomic E-state index is 0.0720. The average molecular weight is 347 g/mol. The molecular formula is C22H34O3. The Balaban J connectivity index is 1.64. The van der Waals surface area contributed by atoms with Gasteiger partial charge < -0.3 is 9.84 Å². The molecule has 0 saturated heterocycles. The van der Waals surface area contributed by atoms with E-state index in [1.807, 2.05) is 0 Å². The third kappa shape index (κ3) is 2.52. The first-order chi connectivity index (χ1) is 11.8. The third-order valence-corrected chi connectivity index (χ3v) is 8.67. The normalized spacial score (nSPS) is 51.8. The predicted molar refractivity (Wildman–Crippen MR) is 97.8 cm³/mol. The number of allylic oxidation sites excluding steroid dienone is 1. The summed E-state index contributed by atoms with van der Waals surface area (Å²) in [6, 6.07) is 0. The highest BCUT2D eigenvalue weighted by molar-refractivity contribution is 5.66. The predicted octanol–water partition coefficient (Wildman–Crippen LogP) is 4.49. The number of aliphatic hydroxyl groups excluding tert-OH is 1. The topological polar surface area (TPSA) is 46.5 Å². The van der Waals surface area contributed by atoms with E-state index in [9.17, 15) is 9.90 Å². The Labute approximate surface area is 152 Å². The quantitative estimate of drug-likeness (QED) is 0.562. The zero-order chi connectivity index (χ0) is 18.0. The van der Waals surface area contributed by atoms with Gasteiger partial charge in [0.15, 0.2) is 0 Å². The van der Waals surface area contributed by atoms with Crippen molar-refractivity contribution in [3.05, 3.63) is 11.6 Å². The SMILES string of the molecule is CC(=O)OC1CC[C@@]2(C)C(=C[C@H](C)C3C4CCC(O)[C@@]4(C)CCC32)C1. The molecule has 3 fully saturated rings. The lowest BCUT2D eigenvalue weighted by atomic mass is 9.46. The Hall–Kier alpha value is -0.830. The van der Waals surface area contributed by atoms with Crippen LogP contribution in [0, 0.1) is 34.5 Å². The highest BCUT2D eigenvalue weighted by atomic mass is 16.5. The summed E-state index contributed by atoms with van der Waals surface area (Å²) in [5.41, 5.74) is 1.94. The van der Waals surface area contributed by atoms with Crippen LogP contribution in [0.25, 0.3) is 0 Å². The highest BCUT2D eigenvalue weighted by Crippen LogP contribution is 2.65. The van der Waals surface area contributed by atoms with Gasteiger partial charge in [-0.3, -0.25) is 4.79 Å². The molecule has 0 heterocycles. The van der Waals surface area contributed by atoms with Crippen molar-refractivity contribution in [3.8, 4) is 0 Å². The van der Waals surface area contributed by atoms with Crippen LogP contribution in [0.3, 0.4) is 0 Å². The highest BCUT2D eigenvalue weighted by Gasteiger charge is 2.60. The molecule has 0 aromatic rings. The molecule has 0 spiro atoms. The summed E-state index contributed by atoms with van der Waals surface area (Å²) >= 11 is 0. The second kappa shape index (κ2) is 5.84. The van der Waals surface area contributed by atoms with Crippen molar-refractivity contribution >= 4 is 5.97 Å². The lowest BCUT2D eigenvalue weighted by molar-refractivity contribution is -0.149. The van der Waals surface area contributed by atoms with Gasteiger partial charge in [0.05, 0.1) is 6.10 Å². The molecule has 5 unspecified atom stereocenters. The molecule has 0 bridgehead atoms. The molecule has 0 amide bonds. The van der Waals surface area contributed by atoms with Crippen LogP contribution in [0.1, 0.15) is 72.6 Å². The van der Waals surface area contributed by atoms with Crippen molar-refractivity contribution in [2.45, 2.75) is 84.8 Å². The van der Waals surface area contributed by atoms with E-state index < -0.39 is 0 Å². The van der Waals surface area contributed by atoms with Gasteiger partial charge in [0.25, 0.3) is 0 Å². The van der Waals surface area contributed by atoms with Gasteiger partial charge in [0, 0.05) is 13.3 Å². The minimum atomic E-state index is -0.149. The van der Waals surface area contributed by atoms with E-state index in [1.165, 1.54) is 26.2 Å². The van der Waals surface area contributed by atoms with E-state index in [0.29, 0.717) is 17.8 Å². The molecule has 0 aromatic carbocycles. The number of carbonyl (C=O) groups is 1. The zero-order valence-corrected chi connectivity index (χ0v) is 16.3. The van der Waals surface area contributed by atoms with E-state index >= 15 is 0 Å². The van der Waals surface area contributed by atoms with Gasteiger partial charge in [0.1, 0.15) is 6.10 Å². The number of aliphatic hydroxyl groups is 1. The van der Waals surface area contributed by atoms with Crippen molar-refractivity contribution in [1.29, 1.82) is 0 Å². The Bertz CT molecular complexity index is 596. The first-order valence-electron chi connectivity index (χ1n) is 10.3. The van der Waals surface area contributed by atoms with Crippen LogP contribution >= 0.6 is 0 Å². The zero-order valence-electron chi connectivity index (χ0n) is 16.3. The molecule has 4 aliphatic carbocycles. The van der Waals surface area contributed by atoms with Crippen molar-refractivity contribution in [2.75, 3.05) is 0 Å². The van der Waals surface area contributed by atoms with Crippen LogP contribution in [-0.2, 0) is 9.53 Å². The molecule has 3 nitrogen and oxygen atoms in total. The fraction of sp³-hybridized carbons (Fsp3) is 0.864. The number of fused-ring (bicyclic) bond motifs is 5. The fourth-order valence-corrected chi connectivity index (χ4v) is 7.29. The first-order valence-corrected chi connectivity index (χ1v) is 10.3. The van der Waals surface area contributed by atoms with E-state index in [1.54, 1.807) is 5.57 Å². The van der Waals surface area contributed by atoms with Gasteiger partial charge >= 0.3 is 5.97 Å². The second-order valence-electron chi connectivity index (χ2n) is 9.87. The molecule has 140 valence electrons. The van der Waals surface area contributed by atoms with Crippen LogP contribution in [0.2, 0.25) is 0 Å². The summed E-state index contributed by atoms with van der Waals surface area (Å²) in [6.07, 6.45) is 10.1. The molecular weight excluding hydrogens is 312 g/mol. The number of hydrogen-bond donors (Lipinski definition) is 1. The second-order valence-corrected chi connectivity index (χ2v) is 9.87. The van der Waals surface area contributed by atoms with Gasteiger partial charge in [-0.1, -0.05) is 32.4 Å². The number of carbonyl (C=O) groups excluding carboxylic acids is 1. The molecule has 8 atom stereocenters. The van der Waals surface area contributed by atoms with E-state index in [4.69, 9.17) is 4.74 Å². The van der Waals surface area contributed by atoms with Crippen molar-refractivity contribution < 1.29 is 14.6 Å². The first kappa shape index (κ1) is 17.6. The largest absolute Gasteiger partial charge is 0.462 e. The number of esters is 1. The number of ether oxygens (including phenoxy) is 1. The molecule has 0 aliphatic heterocycles. The summed E-state index contributed by atoms with van der Waals surface area (Å²) < 4.78 is 5.54. The minimum Gasteiger partial charge on any atom is -0.462 e. The van der Waals surface area contributed by atoms with Crippen LogP contribution in [-0.4, -0.2) is 23.3 Å². The van der Waals surface area contributed by atoms with E-state index in [0.717, 1.165) is 31.6 Å². The standard InChI is InChI=1S/C22H34O3/c1-13-11-15-12-16(25-14(2)23)7-9-21(15,3)18-8-10-22(4)17(20(13)18)5-6-19(22)24/h11,13,16-20,24H,5-10,12H2,1-4H3/t13-,16?,17?,18?,19?,20?,21-,22-/m0/s1. The van der Waals surface area contributed by atoms with Gasteiger partial charge in [-0.2, -0.15) is 0 Å². The van der Waals surface area contributed by atoms with Gasteiger partial charge in [-0.05, 0) is 73.0 Å². The maximum Gasteiger partial charge on any atom is 0.302 e. The number of rotatable bonds is 1. The maximum atomic E-state index is 11.4. The molecule has 1 N–H and O–H groups in total. The summed E-state index contributed by atoms with van der Waals surface area (Å²) in [5, 5.41) is 10.6. The molecule has 0 radical (unpaired) electrons. The Kier molecular flexibility index (Phi) is 4.10. The summed E-state index contributed by atoms with van der Waals surface area (Å²) in [7, 11) is 0. The smallest absolute Gasteiger partial charge is 0.302 e. The fourth-order valence-electron chi connectivity index (χ4n) is 7.29. The molecule has 25 heavy (non-hydrogen) atoms. The molecule has 4 rings (SSSR count).